The molecule has 102 valence electrons. The molecule has 0 spiro atoms. The number of rotatable bonds is 8. The highest BCUT2D eigenvalue weighted by Crippen LogP contribution is 2.15. The summed E-state index contributed by atoms with van der Waals surface area (Å²) in [5.41, 5.74) is 1.42. The summed E-state index contributed by atoms with van der Waals surface area (Å²) in [6.45, 7) is 7.86. The van der Waals surface area contributed by atoms with Gasteiger partial charge in [0.2, 0.25) is 0 Å². The standard InChI is InChI=1S/C16H26BrN/c1-4-18-16(7-5-6-13(2)3)12-14-8-10-15(17)11-9-14/h8-11,13,16,18H,4-7,12H2,1-3H3. The zero-order valence-electron chi connectivity index (χ0n) is 11.9. The van der Waals surface area contributed by atoms with Gasteiger partial charge in [-0.2, -0.15) is 0 Å². The molecule has 0 aliphatic rings. The van der Waals surface area contributed by atoms with Crippen LogP contribution in [0.25, 0.3) is 0 Å². The summed E-state index contributed by atoms with van der Waals surface area (Å²) in [5, 5.41) is 3.61. The summed E-state index contributed by atoms with van der Waals surface area (Å²) in [6.07, 6.45) is 5.08. The second-order valence-corrected chi connectivity index (χ2v) is 6.33. The average Bonchev–Trinajstić information content (AvgIpc) is 2.32. The van der Waals surface area contributed by atoms with E-state index in [0.717, 1.165) is 23.4 Å². The first-order valence-electron chi connectivity index (χ1n) is 7.09. The summed E-state index contributed by atoms with van der Waals surface area (Å²) >= 11 is 3.48. The van der Waals surface area contributed by atoms with Crippen molar-refractivity contribution in [1.82, 2.24) is 5.32 Å². The molecule has 0 aromatic heterocycles. The molecule has 1 atom stereocenters. The Balaban J connectivity index is 2.43. The van der Waals surface area contributed by atoms with E-state index in [1.54, 1.807) is 0 Å². The Kier molecular flexibility index (Phi) is 7.60. The Hall–Kier alpha value is -0.340. The Morgan fingerprint density at radius 3 is 2.33 bits per heavy atom. The molecular formula is C16H26BrN. The molecule has 0 saturated carbocycles. The van der Waals surface area contributed by atoms with Crippen LogP contribution in [0.3, 0.4) is 0 Å². The molecule has 0 saturated heterocycles. The molecule has 0 bridgehead atoms. The van der Waals surface area contributed by atoms with Crippen molar-refractivity contribution >= 4 is 15.9 Å². The molecule has 0 fully saturated rings. The van der Waals surface area contributed by atoms with Gasteiger partial charge in [0.1, 0.15) is 0 Å². The van der Waals surface area contributed by atoms with Crippen molar-refractivity contribution in [3.63, 3.8) is 0 Å². The molecule has 2 heteroatoms. The minimum absolute atomic E-state index is 0.620. The third kappa shape index (κ3) is 6.55. The number of benzene rings is 1. The third-order valence-electron chi connectivity index (χ3n) is 3.22. The topological polar surface area (TPSA) is 12.0 Å². The predicted octanol–water partition coefficient (Wildman–Crippen LogP) is 4.80. The Labute approximate surface area is 120 Å². The van der Waals surface area contributed by atoms with Crippen LogP contribution in [0.4, 0.5) is 0 Å². The number of nitrogens with one attached hydrogen (secondary N) is 1. The SMILES string of the molecule is CCNC(CCCC(C)C)Cc1ccc(Br)cc1. The fourth-order valence-electron chi connectivity index (χ4n) is 2.24. The van der Waals surface area contributed by atoms with E-state index in [1.807, 2.05) is 0 Å². The molecule has 1 aromatic carbocycles. The highest BCUT2D eigenvalue weighted by atomic mass is 79.9. The van der Waals surface area contributed by atoms with Crippen LogP contribution in [0, 0.1) is 5.92 Å². The van der Waals surface area contributed by atoms with Crippen LogP contribution in [0.15, 0.2) is 28.7 Å². The van der Waals surface area contributed by atoms with Gasteiger partial charge in [0.25, 0.3) is 0 Å². The lowest BCUT2D eigenvalue weighted by molar-refractivity contribution is 0.442. The van der Waals surface area contributed by atoms with Gasteiger partial charge >= 0.3 is 0 Å². The van der Waals surface area contributed by atoms with Crippen LogP contribution in [-0.4, -0.2) is 12.6 Å². The van der Waals surface area contributed by atoms with E-state index in [0.29, 0.717) is 6.04 Å². The molecule has 1 rings (SSSR count). The number of hydrogen-bond donors (Lipinski definition) is 1. The monoisotopic (exact) mass is 311 g/mol. The fourth-order valence-corrected chi connectivity index (χ4v) is 2.51. The fraction of sp³-hybridized carbons (Fsp3) is 0.625. The van der Waals surface area contributed by atoms with Gasteiger partial charge in [0, 0.05) is 10.5 Å². The summed E-state index contributed by atoms with van der Waals surface area (Å²) in [5.74, 6) is 0.819. The second kappa shape index (κ2) is 8.71. The Morgan fingerprint density at radius 1 is 1.11 bits per heavy atom. The summed E-state index contributed by atoms with van der Waals surface area (Å²) in [7, 11) is 0. The van der Waals surface area contributed by atoms with E-state index in [2.05, 4.69) is 66.3 Å². The molecule has 0 aliphatic heterocycles. The van der Waals surface area contributed by atoms with E-state index in [1.165, 1.54) is 24.8 Å². The van der Waals surface area contributed by atoms with Crippen molar-refractivity contribution < 1.29 is 0 Å². The minimum Gasteiger partial charge on any atom is -0.314 e. The predicted molar refractivity (Wildman–Crippen MR) is 84.0 cm³/mol. The molecule has 18 heavy (non-hydrogen) atoms. The Morgan fingerprint density at radius 2 is 1.78 bits per heavy atom. The molecule has 0 aliphatic carbocycles. The lowest BCUT2D eigenvalue weighted by atomic mass is 9.98. The van der Waals surface area contributed by atoms with Gasteiger partial charge in [0.15, 0.2) is 0 Å². The molecule has 0 amide bonds. The van der Waals surface area contributed by atoms with Gasteiger partial charge in [-0.25, -0.2) is 0 Å². The van der Waals surface area contributed by atoms with E-state index >= 15 is 0 Å². The van der Waals surface area contributed by atoms with Crippen molar-refractivity contribution in [3.05, 3.63) is 34.3 Å². The third-order valence-corrected chi connectivity index (χ3v) is 3.75. The number of likely N-dealkylation sites (N-methyl/N-ethyl adjacent to an activating group) is 1. The smallest absolute Gasteiger partial charge is 0.0175 e. The largest absolute Gasteiger partial charge is 0.314 e. The Bertz CT molecular complexity index is 318. The molecule has 0 radical (unpaired) electrons. The first kappa shape index (κ1) is 15.7. The lowest BCUT2D eigenvalue weighted by Gasteiger charge is -2.18. The van der Waals surface area contributed by atoms with Crippen molar-refractivity contribution in [2.45, 2.75) is 52.5 Å². The normalized spacial score (nSPS) is 12.9. The molecule has 0 heterocycles. The maximum absolute atomic E-state index is 3.61. The first-order chi connectivity index (χ1) is 8.61. The number of halogens is 1. The maximum Gasteiger partial charge on any atom is 0.0175 e. The highest BCUT2D eigenvalue weighted by molar-refractivity contribution is 9.10. The zero-order valence-corrected chi connectivity index (χ0v) is 13.5. The molecule has 1 aromatic rings. The van der Waals surface area contributed by atoms with Crippen LogP contribution < -0.4 is 5.32 Å². The highest BCUT2D eigenvalue weighted by Gasteiger charge is 2.08. The van der Waals surface area contributed by atoms with Gasteiger partial charge < -0.3 is 5.32 Å². The van der Waals surface area contributed by atoms with Gasteiger partial charge in [-0.3, -0.25) is 0 Å². The minimum atomic E-state index is 0.620. The van der Waals surface area contributed by atoms with Gasteiger partial charge in [-0.1, -0.05) is 61.7 Å². The van der Waals surface area contributed by atoms with Crippen molar-refractivity contribution in [3.8, 4) is 0 Å². The van der Waals surface area contributed by atoms with E-state index in [9.17, 15) is 0 Å². The average molecular weight is 312 g/mol. The summed E-state index contributed by atoms with van der Waals surface area (Å²) in [6, 6.07) is 9.32. The zero-order chi connectivity index (χ0) is 13.4. The van der Waals surface area contributed by atoms with E-state index in [4.69, 9.17) is 0 Å². The van der Waals surface area contributed by atoms with E-state index in [-0.39, 0.29) is 0 Å². The van der Waals surface area contributed by atoms with Crippen LogP contribution in [0.5, 0.6) is 0 Å². The molecule has 1 nitrogen and oxygen atoms in total. The van der Waals surface area contributed by atoms with Gasteiger partial charge in [-0.15, -0.1) is 0 Å². The van der Waals surface area contributed by atoms with Crippen LogP contribution in [0.1, 0.15) is 45.6 Å². The first-order valence-corrected chi connectivity index (χ1v) is 7.89. The van der Waals surface area contributed by atoms with E-state index < -0.39 is 0 Å². The van der Waals surface area contributed by atoms with Crippen molar-refractivity contribution in [1.29, 1.82) is 0 Å². The van der Waals surface area contributed by atoms with Gasteiger partial charge in [0.05, 0.1) is 0 Å². The van der Waals surface area contributed by atoms with Crippen molar-refractivity contribution in [2.24, 2.45) is 5.92 Å². The summed E-state index contributed by atoms with van der Waals surface area (Å²) in [4.78, 5) is 0. The molecular weight excluding hydrogens is 286 g/mol. The van der Waals surface area contributed by atoms with Gasteiger partial charge in [-0.05, 0) is 43.0 Å². The van der Waals surface area contributed by atoms with Crippen LogP contribution >= 0.6 is 15.9 Å². The lowest BCUT2D eigenvalue weighted by Crippen LogP contribution is -2.31. The van der Waals surface area contributed by atoms with Crippen LogP contribution in [-0.2, 0) is 6.42 Å². The quantitative estimate of drug-likeness (QED) is 0.727. The summed E-state index contributed by atoms with van der Waals surface area (Å²) < 4.78 is 1.16. The maximum atomic E-state index is 3.61. The molecule has 1 N–H and O–H groups in total. The second-order valence-electron chi connectivity index (χ2n) is 5.41. The number of hydrogen-bond acceptors (Lipinski definition) is 1. The van der Waals surface area contributed by atoms with Crippen molar-refractivity contribution in [2.75, 3.05) is 6.54 Å². The van der Waals surface area contributed by atoms with Crippen LogP contribution in [0.2, 0.25) is 0 Å². The molecule has 1 unspecified atom stereocenters.